The van der Waals surface area contributed by atoms with Crippen molar-refractivity contribution in [2.75, 3.05) is 32.5 Å². The Balaban J connectivity index is 2.39. The lowest BCUT2D eigenvalue weighted by atomic mass is 10.2. The van der Waals surface area contributed by atoms with E-state index < -0.39 is 0 Å². The summed E-state index contributed by atoms with van der Waals surface area (Å²) in [6.07, 6.45) is 2.24. The second-order valence-corrected chi connectivity index (χ2v) is 4.68. The lowest BCUT2D eigenvalue weighted by Crippen LogP contribution is -2.14. The van der Waals surface area contributed by atoms with Crippen molar-refractivity contribution in [2.45, 2.75) is 12.8 Å². The summed E-state index contributed by atoms with van der Waals surface area (Å²) in [6.45, 7) is 1.97. The zero-order valence-corrected chi connectivity index (χ0v) is 11.1. The van der Waals surface area contributed by atoms with Crippen LogP contribution in [0.3, 0.4) is 0 Å². The Bertz CT molecular complexity index is 396. The molecule has 0 aliphatic rings. The Morgan fingerprint density at radius 2 is 2.12 bits per heavy atom. The van der Waals surface area contributed by atoms with Gasteiger partial charge in [-0.25, -0.2) is 0 Å². The van der Waals surface area contributed by atoms with Gasteiger partial charge in [-0.2, -0.15) is 5.26 Å². The average molecular weight is 252 g/mol. The van der Waals surface area contributed by atoms with E-state index >= 15 is 0 Å². The average Bonchev–Trinajstić information content (AvgIpc) is 2.29. The molecule has 1 aromatic rings. The van der Waals surface area contributed by atoms with Crippen LogP contribution in [0.2, 0.25) is 5.02 Å². The molecule has 92 valence electrons. The van der Waals surface area contributed by atoms with Crippen LogP contribution in [-0.4, -0.2) is 32.1 Å². The second kappa shape index (κ2) is 7.16. The Morgan fingerprint density at radius 3 is 2.76 bits per heavy atom. The van der Waals surface area contributed by atoms with Crippen molar-refractivity contribution in [1.82, 2.24) is 4.90 Å². The van der Waals surface area contributed by atoms with E-state index in [4.69, 9.17) is 16.9 Å². The molecule has 0 fully saturated rings. The maximum Gasteiger partial charge on any atom is 0.101 e. The molecule has 0 heterocycles. The van der Waals surface area contributed by atoms with Crippen molar-refractivity contribution in [2.24, 2.45) is 0 Å². The highest BCUT2D eigenvalue weighted by atomic mass is 35.5. The number of anilines is 1. The minimum Gasteiger partial charge on any atom is -0.384 e. The van der Waals surface area contributed by atoms with Gasteiger partial charge in [-0.05, 0) is 51.7 Å². The number of rotatable bonds is 6. The molecule has 17 heavy (non-hydrogen) atoms. The first-order chi connectivity index (χ1) is 8.13. The molecular weight excluding hydrogens is 234 g/mol. The quantitative estimate of drug-likeness (QED) is 0.790. The van der Waals surface area contributed by atoms with Crippen LogP contribution in [0.5, 0.6) is 0 Å². The van der Waals surface area contributed by atoms with Crippen LogP contribution < -0.4 is 5.32 Å². The van der Waals surface area contributed by atoms with Crippen molar-refractivity contribution in [3.05, 3.63) is 28.8 Å². The molecule has 0 saturated heterocycles. The molecule has 0 saturated carbocycles. The number of nitrogens with one attached hydrogen (secondary N) is 1. The number of hydrogen-bond donors (Lipinski definition) is 1. The van der Waals surface area contributed by atoms with Gasteiger partial charge in [-0.1, -0.05) is 11.6 Å². The molecule has 0 aliphatic carbocycles. The number of nitrogens with zero attached hydrogens (tertiary/aromatic N) is 2. The van der Waals surface area contributed by atoms with Crippen LogP contribution in [-0.2, 0) is 0 Å². The molecule has 4 heteroatoms. The summed E-state index contributed by atoms with van der Waals surface area (Å²) in [7, 11) is 4.14. The van der Waals surface area contributed by atoms with E-state index in [0.29, 0.717) is 10.6 Å². The van der Waals surface area contributed by atoms with E-state index in [1.165, 1.54) is 0 Å². The second-order valence-electron chi connectivity index (χ2n) is 4.24. The molecule has 1 aromatic carbocycles. The smallest absolute Gasteiger partial charge is 0.101 e. The zero-order valence-electron chi connectivity index (χ0n) is 10.3. The number of hydrogen-bond acceptors (Lipinski definition) is 3. The Hall–Kier alpha value is -1.24. The predicted molar refractivity (Wildman–Crippen MR) is 72.4 cm³/mol. The maximum absolute atomic E-state index is 8.96. The van der Waals surface area contributed by atoms with Crippen LogP contribution in [0.1, 0.15) is 18.4 Å². The fourth-order valence-electron chi connectivity index (χ4n) is 1.54. The summed E-state index contributed by atoms with van der Waals surface area (Å²) in [5.41, 5.74) is 1.46. The van der Waals surface area contributed by atoms with E-state index in [1.54, 1.807) is 12.1 Å². The highest BCUT2D eigenvalue weighted by Gasteiger charge is 2.01. The van der Waals surface area contributed by atoms with Crippen molar-refractivity contribution in [3.63, 3.8) is 0 Å². The van der Waals surface area contributed by atoms with Crippen LogP contribution in [0.15, 0.2) is 18.2 Å². The minimum absolute atomic E-state index is 0.597. The van der Waals surface area contributed by atoms with Crippen molar-refractivity contribution in [1.29, 1.82) is 5.26 Å². The molecule has 0 aromatic heterocycles. The topological polar surface area (TPSA) is 39.1 Å². The van der Waals surface area contributed by atoms with Gasteiger partial charge in [0.1, 0.15) is 6.07 Å². The lowest BCUT2D eigenvalue weighted by molar-refractivity contribution is 0.396. The van der Waals surface area contributed by atoms with Gasteiger partial charge in [-0.3, -0.25) is 0 Å². The Labute approximate surface area is 108 Å². The van der Waals surface area contributed by atoms with Gasteiger partial charge >= 0.3 is 0 Å². The molecule has 0 amide bonds. The predicted octanol–water partition coefficient (Wildman–Crippen LogP) is 2.97. The molecule has 0 radical (unpaired) electrons. The molecule has 0 aliphatic heterocycles. The first kappa shape index (κ1) is 13.8. The van der Waals surface area contributed by atoms with Gasteiger partial charge < -0.3 is 10.2 Å². The fourth-order valence-corrected chi connectivity index (χ4v) is 1.71. The third-order valence-corrected chi connectivity index (χ3v) is 2.68. The number of nitriles is 1. The number of unbranched alkanes of at least 4 members (excludes halogenated alkanes) is 1. The minimum atomic E-state index is 0.597. The summed E-state index contributed by atoms with van der Waals surface area (Å²) in [6, 6.07) is 7.47. The van der Waals surface area contributed by atoms with E-state index in [2.05, 4.69) is 30.4 Å². The SMILES string of the molecule is CN(C)CCCCNc1ccc(Cl)cc1C#N. The van der Waals surface area contributed by atoms with Gasteiger partial charge in [0.15, 0.2) is 0 Å². The van der Waals surface area contributed by atoms with Crippen molar-refractivity contribution in [3.8, 4) is 6.07 Å². The van der Waals surface area contributed by atoms with Gasteiger partial charge in [-0.15, -0.1) is 0 Å². The van der Waals surface area contributed by atoms with Gasteiger partial charge in [0.2, 0.25) is 0 Å². The summed E-state index contributed by atoms with van der Waals surface area (Å²) >= 11 is 5.83. The van der Waals surface area contributed by atoms with Crippen molar-refractivity contribution >= 4 is 17.3 Å². The molecule has 0 spiro atoms. The standard InChI is InChI=1S/C13H18ClN3/c1-17(2)8-4-3-7-16-13-6-5-12(14)9-11(13)10-15/h5-6,9,16H,3-4,7-8H2,1-2H3. The first-order valence-corrected chi connectivity index (χ1v) is 6.09. The van der Waals surface area contributed by atoms with E-state index in [-0.39, 0.29) is 0 Å². The summed E-state index contributed by atoms with van der Waals surface area (Å²) in [5, 5.41) is 12.8. The van der Waals surface area contributed by atoms with E-state index in [9.17, 15) is 0 Å². The van der Waals surface area contributed by atoms with Crippen LogP contribution in [0.4, 0.5) is 5.69 Å². The van der Waals surface area contributed by atoms with Crippen molar-refractivity contribution < 1.29 is 0 Å². The molecule has 1 N–H and O–H groups in total. The maximum atomic E-state index is 8.96. The lowest BCUT2D eigenvalue weighted by Gasteiger charge is -2.11. The highest BCUT2D eigenvalue weighted by Crippen LogP contribution is 2.19. The Kier molecular flexibility index (Phi) is 5.82. The normalized spacial score (nSPS) is 10.3. The molecule has 0 unspecified atom stereocenters. The first-order valence-electron chi connectivity index (χ1n) is 5.71. The molecule has 0 bridgehead atoms. The van der Waals surface area contributed by atoms with Crippen LogP contribution >= 0.6 is 11.6 Å². The fraction of sp³-hybridized carbons (Fsp3) is 0.462. The third-order valence-electron chi connectivity index (χ3n) is 2.45. The van der Waals surface area contributed by atoms with Crippen LogP contribution in [0.25, 0.3) is 0 Å². The number of halogens is 1. The molecule has 1 rings (SSSR count). The van der Waals surface area contributed by atoms with Crippen LogP contribution in [0, 0.1) is 11.3 Å². The third kappa shape index (κ3) is 5.08. The van der Waals surface area contributed by atoms with E-state index in [0.717, 1.165) is 31.6 Å². The Morgan fingerprint density at radius 1 is 1.35 bits per heavy atom. The molecular formula is C13H18ClN3. The molecule has 0 atom stereocenters. The van der Waals surface area contributed by atoms with Gasteiger partial charge in [0.05, 0.1) is 11.3 Å². The monoisotopic (exact) mass is 251 g/mol. The zero-order chi connectivity index (χ0) is 12.7. The highest BCUT2D eigenvalue weighted by molar-refractivity contribution is 6.30. The van der Waals surface area contributed by atoms with E-state index in [1.807, 2.05) is 6.07 Å². The summed E-state index contributed by atoms with van der Waals surface area (Å²) in [5.74, 6) is 0. The summed E-state index contributed by atoms with van der Waals surface area (Å²) in [4.78, 5) is 2.17. The van der Waals surface area contributed by atoms with Gasteiger partial charge in [0.25, 0.3) is 0 Å². The largest absolute Gasteiger partial charge is 0.384 e. The molecule has 3 nitrogen and oxygen atoms in total. The van der Waals surface area contributed by atoms with Gasteiger partial charge in [0, 0.05) is 11.6 Å². The summed E-state index contributed by atoms with van der Waals surface area (Å²) < 4.78 is 0. The number of benzene rings is 1.